The van der Waals surface area contributed by atoms with Crippen LogP contribution in [0.15, 0.2) is 24.3 Å². The van der Waals surface area contributed by atoms with Crippen molar-refractivity contribution in [2.45, 2.75) is 207 Å². The van der Waals surface area contributed by atoms with Crippen LogP contribution >= 0.6 is 0 Å². The van der Waals surface area contributed by atoms with Crippen LogP contribution in [0.2, 0.25) is 0 Å². The van der Waals surface area contributed by atoms with Crippen molar-refractivity contribution in [3.8, 4) is 0 Å². The Hall–Kier alpha value is -1.05. The molecule has 0 amide bonds. The molecule has 2 nitrogen and oxygen atoms in total. The molecule has 0 N–H and O–H groups in total. The Morgan fingerprint density at radius 2 is 0.927 bits per heavy atom. The number of unbranched alkanes of at least 4 members (excludes halogenated alkanes) is 23. The van der Waals surface area contributed by atoms with E-state index in [1.165, 1.54) is 154 Å². The van der Waals surface area contributed by atoms with Gasteiger partial charge in [-0.3, -0.25) is 4.79 Å². The second kappa shape index (κ2) is 35.1. The maximum atomic E-state index is 11.9. The van der Waals surface area contributed by atoms with Gasteiger partial charge in [-0.1, -0.05) is 180 Å². The summed E-state index contributed by atoms with van der Waals surface area (Å²) in [4.78, 5) is 11.9. The summed E-state index contributed by atoms with van der Waals surface area (Å²) in [7, 11) is 0. The van der Waals surface area contributed by atoms with E-state index in [0.717, 1.165) is 31.6 Å². The molecule has 0 aromatic heterocycles. The van der Waals surface area contributed by atoms with Crippen molar-refractivity contribution in [3.05, 3.63) is 24.3 Å². The molecule has 0 aromatic carbocycles. The Bertz CT molecular complexity index is 562. The second-order valence-corrected chi connectivity index (χ2v) is 13.0. The molecule has 0 fully saturated rings. The maximum Gasteiger partial charge on any atom is 0.305 e. The summed E-state index contributed by atoms with van der Waals surface area (Å²) in [5.74, 6) is 0.889. The smallest absolute Gasteiger partial charge is 0.305 e. The number of esters is 1. The van der Waals surface area contributed by atoms with Crippen molar-refractivity contribution in [3.63, 3.8) is 0 Å². The van der Waals surface area contributed by atoms with Crippen molar-refractivity contribution < 1.29 is 9.53 Å². The molecule has 242 valence electrons. The summed E-state index contributed by atoms with van der Waals surface area (Å²) in [5, 5.41) is 0. The van der Waals surface area contributed by atoms with Crippen LogP contribution in [0.1, 0.15) is 207 Å². The number of carbonyl (C=O) groups is 1. The third-order valence-corrected chi connectivity index (χ3v) is 8.27. The van der Waals surface area contributed by atoms with Crippen LogP contribution in [-0.4, -0.2) is 12.6 Å². The van der Waals surface area contributed by atoms with Gasteiger partial charge in [0.05, 0.1) is 6.61 Å². The molecule has 0 aliphatic carbocycles. The maximum absolute atomic E-state index is 11.9. The van der Waals surface area contributed by atoms with Gasteiger partial charge in [0.25, 0.3) is 0 Å². The van der Waals surface area contributed by atoms with E-state index in [4.69, 9.17) is 4.74 Å². The minimum atomic E-state index is 0.0114. The van der Waals surface area contributed by atoms with Crippen LogP contribution in [0.5, 0.6) is 0 Å². The van der Waals surface area contributed by atoms with Gasteiger partial charge in [0, 0.05) is 6.42 Å². The average Bonchev–Trinajstić information content (AvgIpc) is 2.96. The lowest BCUT2D eigenvalue weighted by molar-refractivity contribution is -0.143. The van der Waals surface area contributed by atoms with Crippen LogP contribution in [-0.2, 0) is 9.53 Å². The molecular weight excluding hydrogens is 500 g/mol. The highest BCUT2D eigenvalue weighted by atomic mass is 16.5. The molecule has 0 atom stereocenters. The summed E-state index contributed by atoms with van der Waals surface area (Å²) >= 11 is 0. The van der Waals surface area contributed by atoms with Crippen molar-refractivity contribution >= 4 is 5.97 Å². The first kappa shape index (κ1) is 40.0. The summed E-state index contributed by atoms with van der Waals surface area (Å²) in [5.41, 5.74) is 0. The van der Waals surface area contributed by atoms with Gasteiger partial charge >= 0.3 is 5.97 Å². The third kappa shape index (κ3) is 36.9. The van der Waals surface area contributed by atoms with Crippen LogP contribution in [0.4, 0.5) is 0 Å². The van der Waals surface area contributed by atoms with E-state index in [9.17, 15) is 4.79 Å². The molecule has 0 bridgehead atoms. The number of hydrogen-bond acceptors (Lipinski definition) is 2. The van der Waals surface area contributed by atoms with Crippen LogP contribution in [0.25, 0.3) is 0 Å². The highest BCUT2D eigenvalue weighted by Gasteiger charge is 2.02. The van der Waals surface area contributed by atoms with Crippen LogP contribution in [0, 0.1) is 5.92 Å². The standard InChI is InChI=1S/C39H74O2/c1-4-5-6-7-8-9-10-11-14-18-21-24-27-30-33-36-39(40)41-37-34-31-28-25-22-19-16-13-12-15-17-20-23-26-29-32-35-38(2)3/h8-9,11,14,38H,4-7,10,12-13,15-37H2,1-3H3/b9-8-,14-11-. The lowest BCUT2D eigenvalue weighted by Crippen LogP contribution is -2.05. The van der Waals surface area contributed by atoms with E-state index in [-0.39, 0.29) is 5.97 Å². The predicted octanol–water partition coefficient (Wildman–Crippen LogP) is 13.6. The molecular formula is C39H74O2. The van der Waals surface area contributed by atoms with E-state index in [2.05, 4.69) is 45.1 Å². The molecule has 0 radical (unpaired) electrons. The van der Waals surface area contributed by atoms with Gasteiger partial charge in [0.2, 0.25) is 0 Å². The Labute approximate surface area is 259 Å². The van der Waals surface area contributed by atoms with Crippen molar-refractivity contribution in [2.75, 3.05) is 6.61 Å². The Morgan fingerprint density at radius 1 is 0.512 bits per heavy atom. The minimum Gasteiger partial charge on any atom is -0.466 e. The third-order valence-electron chi connectivity index (χ3n) is 8.27. The van der Waals surface area contributed by atoms with E-state index >= 15 is 0 Å². The van der Waals surface area contributed by atoms with E-state index < -0.39 is 0 Å². The SMILES string of the molecule is CCCCC/C=C\C/C=C\CCCCCCCC(=O)OCCCCCCCCCCCCCCCCCCC(C)C. The molecule has 0 saturated heterocycles. The lowest BCUT2D eigenvalue weighted by atomic mass is 10.0. The first-order valence-corrected chi connectivity index (χ1v) is 18.6. The van der Waals surface area contributed by atoms with Gasteiger partial charge in [-0.15, -0.1) is 0 Å². The summed E-state index contributed by atoms with van der Waals surface area (Å²) in [6.45, 7) is 7.55. The largest absolute Gasteiger partial charge is 0.466 e. The van der Waals surface area contributed by atoms with E-state index in [0.29, 0.717) is 13.0 Å². The predicted molar refractivity (Wildman–Crippen MR) is 184 cm³/mol. The zero-order chi connectivity index (χ0) is 29.9. The number of hydrogen-bond donors (Lipinski definition) is 0. The second-order valence-electron chi connectivity index (χ2n) is 13.0. The topological polar surface area (TPSA) is 26.3 Å². The Morgan fingerprint density at radius 3 is 1.41 bits per heavy atom. The number of carbonyl (C=O) groups excluding carboxylic acids is 1. The molecule has 0 aromatic rings. The van der Waals surface area contributed by atoms with Crippen molar-refractivity contribution in [2.24, 2.45) is 5.92 Å². The van der Waals surface area contributed by atoms with Gasteiger partial charge < -0.3 is 4.74 Å². The summed E-state index contributed by atoms with van der Waals surface area (Å²) in [6.07, 6.45) is 46.7. The normalized spacial score (nSPS) is 11.9. The Balaban J connectivity index is 3.21. The summed E-state index contributed by atoms with van der Waals surface area (Å²) in [6, 6.07) is 0. The molecule has 0 saturated carbocycles. The average molecular weight is 575 g/mol. The fourth-order valence-electron chi connectivity index (χ4n) is 5.47. The molecule has 0 rings (SSSR count). The van der Waals surface area contributed by atoms with Gasteiger partial charge in [0.15, 0.2) is 0 Å². The van der Waals surface area contributed by atoms with E-state index in [1.54, 1.807) is 0 Å². The van der Waals surface area contributed by atoms with Crippen molar-refractivity contribution in [1.29, 1.82) is 0 Å². The summed E-state index contributed by atoms with van der Waals surface area (Å²) < 4.78 is 5.44. The zero-order valence-electron chi connectivity index (χ0n) is 28.4. The molecule has 2 heteroatoms. The number of ether oxygens (including phenoxy) is 1. The number of allylic oxidation sites excluding steroid dienone is 4. The fourth-order valence-corrected chi connectivity index (χ4v) is 5.47. The molecule has 0 spiro atoms. The van der Waals surface area contributed by atoms with Gasteiger partial charge in [0.1, 0.15) is 0 Å². The minimum absolute atomic E-state index is 0.0114. The molecule has 0 aliphatic heterocycles. The van der Waals surface area contributed by atoms with Gasteiger partial charge in [-0.2, -0.15) is 0 Å². The van der Waals surface area contributed by atoms with E-state index in [1.807, 2.05) is 0 Å². The first-order valence-electron chi connectivity index (χ1n) is 18.6. The van der Waals surface area contributed by atoms with Crippen molar-refractivity contribution in [1.82, 2.24) is 0 Å². The fraction of sp³-hybridized carbons (Fsp3) is 0.872. The van der Waals surface area contributed by atoms with Gasteiger partial charge in [-0.05, 0) is 50.9 Å². The first-order chi connectivity index (χ1) is 20.2. The molecule has 0 aliphatic rings. The molecule has 41 heavy (non-hydrogen) atoms. The number of rotatable bonds is 33. The monoisotopic (exact) mass is 575 g/mol. The van der Waals surface area contributed by atoms with Gasteiger partial charge in [-0.25, -0.2) is 0 Å². The zero-order valence-corrected chi connectivity index (χ0v) is 28.4. The highest BCUT2D eigenvalue weighted by Crippen LogP contribution is 2.15. The lowest BCUT2D eigenvalue weighted by Gasteiger charge is -2.06. The van der Waals surface area contributed by atoms with Crippen LogP contribution in [0.3, 0.4) is 0 Å². The highest BCUT2D eigenvalue weighted by molar-refractivity contribution is 5.69. The molecule has 0 unspecified atom stereocenters. The quantitative estimate of drug-likeness (QED) is 0.0442. The molecule has 0 heterocycles. The Kier molecular flexibility index (Phi) is 34.2. The van der Waals surface area contributed by atoms with Crippen LogP contribution < -0.4 is 0 Å².